The molecule has 1 aliphatic rings. The third kappa shape index (κ3) is 2.97. The Bertz CT molecular complexity index is 382. The molecule has 1 aliphatic carbocycles. The van der Waals surface area contributed by atoms with Gasteiger partial charge in [-0.15, -0.1) is 0 Å². The Balaban J connectivity index is 1.99. The molecular weight excluding hydrogens is 218 g/mol. The Kier molecular flexibility index (Phi) is 3.64. The summed E-state index contributed by atoms with van der Waals surface area (Å²) in [6.07, 6.45) is 4.99. The lowest BCUT2D eigenvalue weighted by Gasteiger charge is -2.14. The number of carboxylic acids is 1. The third-order valence-corrected chi connectivity index (χ3v) is 3.11. The average Bonchev–Trinajstić information content (AvgIpc) is 2.82. The van der Waals surface area contributed by atoms with Gasteiger partial charge in [-0.05, 0) is 43.4 Å². The first-order valence-electron chi connectivity index (χ1n) is 5.92. The highest BCUT2D eigenvalue weighted by Gasteiger charge is 2.17. The van der Waals surface area contributed by atoms with Crippen LogP contribution in [0.25, 0.3) is 0 Å². The van der Waals surface area contributed by atoms with Crippen LogP contribution in [0, 0.1) is 0 Å². The number of ether oxygens (including phenoxy) is 1. The maximum atomic E-state index is 10.7. The molecule has 0 unspecified atom stereocenters. The lowest BCUT2D eigenvalue weighted by atomic mass is 10.1. The van der Waals surface area contributed by atoms with Crippen molar-refractivity contribution in [3.8, 4) is 5.75 Å². The molecule has 1 aromatic rings. The van der Waals surface area contributed by atoms with Gasteiger partial charge in [-0.1, -0.05) is 12.1 Å². The van der Waals surface area contributed by atoms with Crippen molar-refractivity contribution >= 4 is 5.97 Å². The van der Waals surface area contributed by atoms with Crippen molar-refractivity contribution in [1.29, 1.82) is 0 Å². The van der Waals surface area contributed by atoms with E-state index < -0.39 is 12.0 Å². The van der Waals surface area contributed by atoms with E-state index in [-0.39, 0.29) is 0 Å². The lowest BCUT2D eigenvalue weighted by molar-refractivity contribution is -0.138. The normalized spacial score (nSPS) is 17.9. The summed E-state index contributed by atoms with van der Waals surface area (Å²) in [6, 6.07) is 6.04. The number of aliphatic carboxylic acids is 1. The second-order valence-electron chi connectivity index (χ2n) is 4.41. The molecule has 1 atom stereocenters. The van der Waals surface area contributed by atoms with Crippen molar-refractivity contribution in [3.05, 3.63) is 29.8 Å². The van der Waals surface area contributed by atoms with E-state index in [4.69, 9.17) is 15.6 Å². The molecule has 0 aliphatic heterocycles. The Labute approximate surface area is 100 Å². The van der Waals surface area contributed by atoms with E-state index >= 15 is 0 Å². The van der Waals surface area contributed by atoms with E-state index in [0.717, 1.165) is 18.6 Å². The SMILES string of the molecule is N[C@@H](C(=O)O)c1ccc(OC2CCCC2)cc1. The fourth-order valence-electron chi connectivity index (χ4n) is 2.09. The molecule has 3 N–H and O–H groups in total. The van der Waals surface area contributed by atoms with Crippen LogP contribution in [-0.2, 0) is 4.79 Å². The minimum atomic E-state index is -1.02. The van der Waals surface area contributed by atoms with Crippen LogP contribution in [0.3, 0.4) is 0 Å². The van der Waals surface area contributed by atoms with Crippen LogP contribution >= 0.6 is 0 Å². The van der Waals surface area contributed by atoms with Crippen LogP contribution in [0.15, 0.2) is 24.3 Å². The van der Waals surface area contributed by atoms with E-state index in [2.05, 4.69) is 0 Å². The molecule has 0 aromatic heterocycles. The smallest absolute Gasteiger partial charge is 0.325 e. The monoisotopic (exact) mass is 235 g/mol. The van der Waals surface area contributed by atoms with Crippen molar-refractivity contribution in [2.45, 2.75) is 37.8 Å². The molecule has 0 saturated heterocycles. The predicted octanol–water partition coefficient (Wildman–Crippen LogP) is 2.09. The molecule has 0 heterocycles. The zero-order chi connectivity index (χ0) is 12.3. The molecule has 1 aromatic carbocycles. The van der Waals surface area contributed by atoms with Gasteiger partial charge in [0.15, 0.2) is 0 Å². The van der Waals surface area contributed by atoms with Crippen LogP contribution in [0.5, 0.6) is 5.75 Å². The van der Waals surface area contributed by atoms with E-state index in [9.17, 15) is 4.79 Å². The molecule has 92 valence electrons. The van der Waals surface area contributed by atoms with Gasteiger partial charge in [0.05, 0.1) is 6.10 Å². The Hall–Kier alpha value is -1.55. The van der Waals surface area contributed by atoms with Crippen LogP contribution in [0.2, 0.25) is 0 Å². The second kappa shape index (κ2) is 5.19. The number of carboxylic acid groups (broad SMARTS) is 1. The molecule has 1 saturated carbocycles. The van der Waals surface area contributed by atoms with Gasteiger partial charge in [0, 0.05) is 0 Å². The summed E-state index contributed by atoms with van der Waals surface area (Å²) < 4.78 is 5.78. The highest BCUT2D eigenvalue weighted by molar-refractivity contribution is 5.75. The van der Waals surface area contributed by atoms with E-state index in [1.807, 2.05) is 0 Å². The number of benzene rings is 1. The molecule has 4 nitrogen and oxygen atoms in total. The van der Waals surface area contributed by atoms with Crippen LogP contribution in [0.1, 0.15) is 37.3 Å². The van der Waals surface area contributed by atoms with Gasteiger partial charge in [0.1, 0.15) is 11.8 Å². The van der Waals surface area contributed by atoms with E-state index in [1.165, 1.54) is 12.8 Å². The first-order valence-corrected chi connectivity index (χ1v) is 5.92. The zero-order valence-electron chi connectivity index (χ0n) is 9.63. The van der Waals surface area contributed by atoms with E-state index in [0.29, 0.717) is 11.7 Å². The topological polar surface area (TPSA) is 72.6 Å². The standard InChI is InChI=1S/C13H17NO3/c14-12(13(15)16)9-5-7-11(8-6-9)17-10-3-1-2-4-10/h5-8,10,12H,1-4,14H2,(H,15,16)/t12-/m1/s1. The van der Waals surface area contributed by atoms with Crippen molar-refractivity contribution in [2.24, 2.45) is 5.73 Å². The second-order valence-corrected chi connectivity index (χ2v) is 4.41. The first-order chi connectivity index (χ1) is 8.16. The van der Waals surface area contributed by atoms with Crippen LogP contribution < -0.4 is 10.5 Å². The summed E-state index contributed by atoms with van der Waals surface area (Å²) in [5.74, 6) is -0.229. The molecule has 4 heteroatoms. The quantitative estimate of drug-likeness (QED) is 0.838. The van der Waals surface area contributed by atoms with Crippen molar-refractivity contribution in [2.75, 3.05) is 0 Å². The molecular formula is C13H17NO3. The molecule has 17 heavy (non-hydrogen) atoms. The van der Waals surface area contributed by atoms with E-state index in [1.54, 1.807) is 24.3 Å². The molecule has 0 amide bonds. The maximum absolute atomic E-state index is 10.7. The molecule has 0 radical (unpaired) electrons. The van der Waals surface area contributed by atoms with Crippen LogP contribution in [-0.4, -0.2) is 17.2 Å². The maximum Gasteiger partial charge on any atom is 0.325 e. The van der Waals surface area contributed by atoms with Gasteiger partial charge >= 0.3 is 5.97 Å². The zero-order valence-corrected chi connectivity index (χ0v) is 9.63. The van der Waals surface area contributed by atoms with Gasteiger partial charge in [0.2, 0.25) is 0 Å². The summed E-state index contributed by atoms with van der Waals surface area (Å²) in [7, 11) is 0. The Morgan fingerprint density at radius 2 is 1.88 bits per heavy atom. The van der Waals surface area contributed by atoms with Gasteiger partial charge in [-0.2, -0.15) is 0 Å². The minimum absolute atomic E-state index is 0.314. The Morgan fingerprint density at radius 3 is 2.41 bits per heavy atom. The van der Waals surface area contributed by atoms with Crippen molar-refractivity contribution < 1.29 is 14.6 Å². The fraction of sp³-hybridized carbons (Fsp3) is 0.462. The molecule has 1 fully saturated rings. The first kappa shape index (κ1) is 11.9. The summed E-state index contributed by atoms with van der Waals surface area (Å²) >= 11 is 0. The van der Waals surface area contributed by atoms with Crippen molar-refractivity contribution in [1.82, 2.24) is 0 Å². The lowest BCUT2D eigenvalue weighted by Crippen LogP contribution is -2.20. The Morgan fingerprint density at radius 1 is 1.29 bits per heavy atom. The number of rotatable bonds is 4. The number of nitrogens with two attached hydrogens (primary N) is 1. The highest BCUT2D eigenvalue weighted by Crippen LogP contribution is 2.24. The predicted molar refractivity (Wildman–Crippen MR) is 63.9 cm³/mol. The summed E-state index contributed by atoms with van der Waals surface area (Å²) in [4.78, 5) is 10.7. The van der Waals surface area contributed by atoms with Gasteiger partial charge in [-0.25, -0.2) is 0 Å². The molecule has 0 spiro atoms. The van der Waals surface area contributed by atoms with Crippen LogP contribution in [0.4, 0.5) is 0 Å². The number of hydrogen-bond acceptors (Lipinski definition) is 3. The number of carbonyl (C=O) groups is 1. The summed E-state index contributed by atoms with van der Waals surface area (Å²) in [5.41, 5.74) is 6.10. The summed E-state index contributed by atoms with van der Waals surface area (Å²) in [5, 5.41) is 8.78. The largest absolute Gasteiger partial charge is 0.490 e. The minimum Gasteiger partial charge on any atom is -0.490 e. The fourth-order valence-corrected chi connectivity index (χ4v) is 2.09. The molecule has 0 bridgehead atoms. The average molecular weight is 235 g/mol. The van der Waals surface area contributed by atoms with Gasteiger partial charge in [-0.3, -0.25) is 4.79 Å². The molecule has 2 rings (SSSR count). The van der Waals surface area contributed by atoms with Gasteiger partial charge < -0.3 is 15.6 Å². The number of hydrogen-bond donors (Lipinski definition) is 2. The third-order valence-electron chi connectivity index (χ3n) is 3.11. The highest BCUT2D eigenvalue weighted by atomic mass is 16.5. The van der Waals surface area contributed by atoms with Crippen molar-refractivity contribution in [3.63, 3.8) is 0 Å². The summed E-state index contributed by atoms with van der Waals surface area (Å²) in [6.45, 7) is 0. The van der Waals surface area contributed by atoms with Gasteiger partial charge in [0.25, 0.3) is 0 Å².